The molecule has 3 heterocycles. The summed E-state index contributed by atoms with van der Waals surface area (Å²) < 4.78 is 6.15. The van der Waals surface area contributed by atoms with E-state index in [0.717, 1.165) is 12.8 Å². The standard InChI is InChI=1S/C18H17ClN2O3/c19-13-9-14(17(22)23)16(20-10-13)21-7-5-18(6-8-21)15-4-2-1-3-12(15)11-24-18/h1-4,9-10H,5-8,11H2,(H,22,23). The van der Waals surface area contributed by atoms with Crippen LogP contribution in [0.2, 0.25) is 5.02 Å². The van der Waals surface area contributed by atoms with E-state index in [2.05, 4.69) is 17.1 Å². The fourth-order valence-electron chi connectivity index (χ4n) is 3.72. The SMILES string of the molecule is O=C(O)c1cc(Cl)cnc1N1CCC2(CC1)OCc1ccccc12. The Morgan fingerprint density at radius 3 is 2.79 bits per heavy atom. The summed E-state index contributed by atoms with van der Waals surface area (Å²) in [5.74, 6) is -0.532. The third-order valence-corrected chi connectivity index (χ3v) is 5.15. The van der Waals surface area contributed by atoms with Crippen molar-refractivity contribution in [2.24, 2.45) is 0 Å². The number of hydrogen-bond donors (Lipinski definition) is 1. The molecule has 0 atom stereocenters. The van der Waals surface area contributed by atoms with Crippen molar-refractivity contribution in [3.8, 4) is 0 Å². The summed E-state index contributed by atoms with van der Waals surface area (Å²) in [5.41, 5.74) is 2.42. The Labute approximate surface area is 144 Å². The molecule has 0 radical (unpaired) electrons. The summed E-state index contributed by atoms with van der Waals surface area (Å²) >= 11 is 5.89. The van der Waals surface area contributed by atoms with Crippen LogP contribution in [0, 0.1) is 0 Å². The normalized spacial score (nSPS) is 18.6. The van der Waals surface area contributed by atoms with Crippen LogP contribution in [0.1, 0.15) is 34.3 Å². The highest BCUT2D eigenvalue weighted by atomic mass is 35.5. The van der Waals surface area contributed by atoms with Gasteiger partial charge in [0.1, 0.15) is 11.4 Å². The van der Waals surface area contributed by atoms with E-state index in [9.17, 15) is 9.90 Å². The topological polar surface area (TPSA) is 62.7 Å². The Morgan fingerprint density at radius 2 is 2.04 bits per heavy atom. The van der Waals surface area contributed by atoms with Gasteiger partial charge in [0.15, 0.2) is 0 Å². The van der Waals surface area contributed by atoms with Crippen LogP contribution < -0.4 is 4.90 Å². The number of aromatic nitrogens is 1. The lowest BCUT2D eigenvalue weighted by atomic mass is 9.84. The highest BCUT2D eigenvalue weighted by Gasteiger charge is 2.42. The lowest BCUT2D eigenvalue weighted by molar-refractivity contribution is -0.0552. The Morgan fingerprint density at radius 1 is 1.29 bits per heavy atom. The van der Waals surface area contributed by atoms with Gasteiger partial charge in [-0.1, -0.05) is 35.9 Å². The summed E-state index contributed by atoms with van der Waals surface area (Å²) in [6, 6.07) is 9.79. The number of carboxylic acids is 1. The first kappa shape index (κ1) is 15.4. The molecule has 4 rings (SSSR count). The van der Waals surface area contributed by atoms with Gasteiger partial charge in [0.05, 0.1) is 17.2 Å². The molecule has 24 heavy (non-hydrogen) atoms. The molecule has 0 aliphatic carbocycles. The van der Waals surface area contributed by atoms with Crippen molar-refractivity contribution in [3.05, 3.63) is 58.2 Å². The van der Waals surface area contributed by atoms with E-state index < -0.39 is 5.97 Å². The molecule has 0 bridgehead atoms. The minimum absolute atomic E-state index is 0.145. The number of halogens is 1. The minimum Gasteiger partial charge on any atom is -0.478 e. The summed E-state index contributed by atoms with van der Waals surface area (Å²) in [6.45, 7) is 2.04. The Bertz CT molecular complexity index is 801. The third kappa shape index (κ3) is 2.44. The summed E-state index contributed by atoms with van der Waals surface area (Å²) in [5, 5.41) is 9.74. The van der Waals surface area contributed by atoms with Crippen molar-refractivity contribution in [3.63, 3.8) is 0 Å². The van der Waals surface area contributed by atoms with Crippen molar-refractivity contribution in [2.75, 3.05) is 18.0 Å². The number of nitrogens with zero attached hydrogens (tertiary/aromatic N) is 2. The van der Waals surface area contributed by atoms with Crippen LogP contribution in [0.3, 0.4) is 0 Å². The average molecular weight is 345 g/mol. The Balaban J connectivity index is 1.59. The van der Waals surface area contributed by atoms with Gasteiger partial charge in [-0.05, 0) is 30.0 Å². The van der Waals surface area contributed by atoms with Crippen molar-refractivity contribution in [1.82, 2.24) is 4.98 Å². The van der Waals surface area contributed by atoms with Crippen LogP contribution in [0.15, 0.2) is 36.5 Å². The fraction of sp³-hybridized carbons (Fsp3) is 0.333. The first-order valence-corrected chi connectivity index (χ1v) is 8.33. The van der Waals surface area contributed by atoms with E-state index in [1.807, 2.05) is 17.0 Å². The molecule has 0 amide bonds. The number of ether oxygens (including phenoxy) is 1. The maximum absolute atomic E-state index is 11.5. The van der Waals surface area contributed by atoms with Gasteiger partial charge in [0, 0.05) is 19.3 Å². The maximum atomic E-state index is 11.5. The van der Waals surface area contributed by atoms with Crippen LogP contribution in [0.5, 0.6) is 0 Å². The Hall–Kier alpha value is -2.11. The molecule has 2 aliphatic rings. The number of benzene rings is 1. The van der Waals surface area contributed by atoms with Crippen LogP contribution in [-0.2, 0) is 16.9 Å². The monoisotopic (exact) mass is 344 g/mol. The van der Waals surface area contributed by atoms with E-state index in [4.69, 9.17) is 16.3 Å². The molecule has 124 valence electrons. The average Bonchev–Trinajstić information content (AvgIpc) is 2.95. The van der Waals surface area contributed by atoms with Crippen molar-refractivity contribution >= 4 is 23.4 Å². The van der Waals surface area contributed by atoms with Gasteiger partial charge in [-0.3, -0.25) is 0 Å². The number of carboxylic acid groups (broad SMARTS) is 1. The van der Waals surface area contributed by atoms with E-state index in [1.165, 1.54) is 23.4 Å². The number of anilines is 1. The van der Waals surface area contributed by atoms with Gasteiger partial charge in [0.25, 0.3) is 0 Å². The fourth-order valence-corrected chi connectivity index (χ4v) is 3.88. The van der Waals surface area contributed by atoms with Gasteiger partial charge in [-0.25, -0.2) is 9.78 Å². The number of fused-ring (bicyclic) bond motifs is 2. The highest BCUT2D eigenvalue weighted by molar-refractivity contribution is 6.30. The van der Waals surface area contributed by atoms with Crippen LogP contribution in [0.25, 0.3) is 0 Å². The first-order chi connectivity index (χ1) is 11.6. The maximum Gasteiger partial charge on any atom is 0.339 e. The molecular weight excluding hydrogens is 328 g/mol. The number of carbonyl (C=O) groups is 1. The van der Waals surface area contributed by atoms with E-state index in [-0.39, 0.29) is 11.2 Å². The number of pyridine rings is 1. The smallest absolute Gasteiger partial charge is 0.339 e. The molecule has 1 N–H and O–H groups in total. The molecule has 1 aromatic carbocycles. The molecule has 6 heteroatoms. The highest BCUT2D eigenvalue weighted by Crippen LogP contribution is 2.44. The lowest BCUT2D eigenvalue weighted by Gasteiger charge is -2.40. The van der Waals surface area contributed by atoms with E-state index in [1.54, 1.807) is 0 Å². The predicted octanol–water partition coefficient (Wildman–Crippen LogP) is 3.46. The van der Waals surface area contributed by atoms with Crippen molar-refractivity contribution in [1.29, 1.82) is 0 Å². The lowest BCUT2D eigenvalue weighted by Crippen LogP contribution is -2.43. The van der Waals surface area contributed by atoms with Crippen LogP contribution in [-0.4, -0.2) is 29.1 Å². The van der Waals surface area contributed by atoms with Gasteiger partial charge in [-0.2, -0.15) is 0 Å². The molecule has 2 aliphatic heterocycles. The van der Waals surface area contributed by atoms with Gasteiger partial charge >= 0.3 is 5.97 Å². The zero-order valence-electron chi connectivity index (χ0n) is 13.0. The van der Waals surface area contributed by atoms with Crippen LogP contribution in [0.4, 0.5) is 5.82 Å². The zero-order chi connectivity index (χ0) is 16.7. The number of piperidine rings is 1. The molecule has 1 aromatic heterocycles. The second-order valence-corrected chi connectivity index (χ2v) is 6.69. The molecule has 2 aromatic rings. The Kier molecular flexibility index (Phi) is 3.70. The number of aromatic carboxylic acids is 1. The summed E-state index contributed by atoms with van der Waals surface area (Å²) in [6.07, 6.45) is 3.12. The zero-order valence-corrected chi connectivity index (χ0v) is 13.8. The predicted molar refractivity (Wildman–Crippen MR) is 90.6 cm³/mol. The molecule has 5 nitrogen and oxygen atoms in total. The molecule has 0 saturated carbocycles. The third-order valence-electron chi connectivity index (χ3n) is 4.95. The number of rotatable bonds is 2. The second kappa shape index (κ2) is 5.76. The summed E-state index contributed by atoms with van der Waals surface area (Å²) in [4.78, 5) is 17.7. The second-order valence-electron chi connectivity index (χ2n) is 6.26. The van der Waals surface area contributed by atoms with Crippen molar-refractivity contribution in [2.45, 2.75) is 25.0 Å². The molecule has 1 fully saturated rings. The first-order valence-electron chi connectivity index (χ1n) is 7.95. The minimum atomic E-state index is -1.01. The summed E-state index contributed by atoms with van der Waals surface area (Å²) in [7, 11) is 0. The number of hydrogen-bond acceptors (Lipinski definition) is 4. The van der Waals surface area contributed by atoms with Crippen molar-refractivity contribution < 1.29 is 14.6 Å². The molecule has 0 unspecified atom stereocenters. The quantitative estimate of drug-likeness (QED) is 0.904. The largest absolute Gasteiger partial charge is 0.478 e. The van der Waals surface area contributed by atoms with Gasteiger partial charge < -0.3 is 14.7 Å². The van der Waals surface area contributed by atoms with Crippen LogP contribution >= 0.6 is 11.6 Å². The van der Waals surface area contributed by atoms with E-state index in [0.29, 0.717) is 30.5 Å². The van der Waals surface area contributed by atoms with Gasteiger partial charge in [0.2, 0.25) is 0 Å². The molecule has 1 saturated heterocycles. The van der Waals surface area contributed by atoms with Gasteiger partial charge in [-0.15, -0.1) is 0 Å². The molecule has 1 spiro atoms. The molecular formula is C18H17ClN2O3. The van der Waals surface area contributed by atoms with E-state index >= 15 is 0 Å².